The largest absolute Gasteiger partial charge is 0.324 e. The van der Waals surface area contributed by atoms with E-state index in [-0.39, 0.29) is 31.8 Å². The summed E-state index contributed by atoms with van der Waals surface area (Å²) >= 11 is 12.2. The Morgan fingerprint density at radius 3 is 2.08 bits per heavy atom. The molecule has 0 saturated carbocycles. The fraction of sp³-hybridized carbons (Fsp3) is 0.161. The van der Waals surface area contributed by atoms with E-state index in [0.717, 1.165) is 9.87 Å². The highest BCUT2D eigenvalue weighted by Gasteiger charge is 2.28. The first-order valence-corrected chi connectivity index (χ1v) is 14.6. The molecule has 1 amide bonds. The predicted molar refractivity (Wildman–Crippen MR) is 161 cm³/mol. The van der Waals surface area contributed by atoms with E-state index < -0.39 is 22.5 Å². The minimum absolute atomic E-state index is 0.0129. The maximum Gasteiger partial charge on any atom is 0.264 e. The highest BCUT2D eigenvalue weighted by molar-refractivity contribution is 7.92. The number of amides is 1. The van der Waals surface area contributed by atoms with Gasteiger partial charge in [-0.05, 0) is 53.4 Å². The molecule has 0 radical (unpaired) electrons. The number of halogens is 2. The van der Waals surface area contributed by atoms with Gasteiger partial charge in [0.15, 0.2) is 5.78 Å². The molecule has 0 saturated heterocycles. The van der Waals surface area contributed by atoms with Crippen molar-refractivity contribution in [1.82, 2.24) is 0 Å². The van der Waals surface area contributed by atoms with Gasteiger partial charge in [0.1, 0.15) is 6.54 Å². The molecule has 0 aliphatic heterocycles. The molecule has 0 spiro atoms. The second kappa shape index (κ2) is 11.8. The van der Waals surface area contributed by atoms with E-state index in [1.807, 2.05) is 12.1 Å². The number of carbonyl (C=O) groups excluding carboxylic acids is 2. The third kappa shape index (κ3) is 6.73. The van der Waals surface area contributed by atoms with Crippen molar-refractivity contribution < 1.29 is 18.0 Å². The van der Waals surface area contributed by atoms with Crippen LogP contribution < -0.4 is 9.62 Å². The van der Waals surface area contributed by atoms with E-state index in [1.165, 1.54) is 30.3 Å². The molecule has 0 bridgehead atoms. The Labute approximate surface area is 244 Å². The first kappa shape index (κ1) is 29.3. The molecule has 206 valence electrons. The Kier molecular flexibility index (Phi) is 8.68. The number of nitrogens with one attached hydrogen (secondary N) is 1. The summed E-state index contributed by atoms with van der Waals surface area (Å²) in [5.41, 5.74) is 2.52. The fourth-order valence-electron chi connectivity index (χ4n) is 4.03. The van der Waals surface area contributed by atoms with Gasteiger partial charge in [0, 0.05) is 16.8 Å². The summed E-state index contributed by atoms with van der Waals surface area (Å²) in [6, 6.07) is 26.1. The molecule has 40 heavy (non-hydrogen) atoms. The van der Waals surface area contributed by atoms with E-state index in [9.17, 15) is 18.0 Å². The zero-order chi connectivity index (χ0) is 29.1. The van der Waals surface area contributed by atoms with E-state index in [1.54, 1.807) is 54.6 Å². The summed E-state index contributed by atoms with van der Waals surface area (Å²) in [5.74, 6) is -0.801. The molecule has 0 atom stereocenters. The van der Waals surface area contributed by atoms with Crippen LogP contribution in [0.25, 0.3) is 0 Å². The SMILES string of the molecule is CC(C)(C)c1ccc(C(=O)c2cccc(NC(=O)CN(c3ccc(Cl)c(Cl)c3)S(=O)(=O)c3ccccc3)c2)cc1. The number of hydrogen-bond donors (Lipinski definition) is 1. The number of hydrogen-bond acceptors (Lipinski definition) is 4. The molecule has 4 aromatic carbocycles. The van der Waals surface area contributed by atoms with Gasteiger partial charge in [-0.25, -0.2) is 8.42 Å². The summed E-state index contributed by atoms with van der Waals surface area (Å²) < 4.78 is 28.0. The second-order valence-corrected chi connectivity index (χ2v) is 12.9. The van der Waals surface area contributed by atoms with Crippen molar-refractivity contribution in [1.29, 1.82) is 0 Å². The van der Waals surface area contributed by atoms with Crippen LogP contribution in [0, 0.1) is 0 Å². The fourth-order valence-corrected chi connectivity index (χ4v) is 5.76. The minimum Gasteiger partial charge on any atom is -0.324 e. The Morgan fingerprint density at radius 1 is 0.775 bits per heavy atom. The monoisotopic (exact) mass is 594 g/mol. The van der Waals surface area contributed by atoms with Gasteiger partial charge in [0.25, 0.3) is 10.0 Å². The van der Waals surface area contributed by atoms with Crippen LogP contribution in [0.4, 0.5) is 11.4 Å². The van der Waals surface area contributed by atoms with Crippen LogP contribution >= 0.6 is 23.2 Å². The molecule has 9 heteroatoms. The highest BCUT2D eigenvalue weighted by Crippen LogP contribution is 2.30. The smallest absolute Gasteiger partial charge is 0.264 e. The van der Waals surface area contributed by atoms with Crippen molar-refractivity contribution in [2.45, 2.75) is 31.1 Å². The van der Waals surface area contributed by atoms with Crippen LogP contribution in [-0.2, 0) is 20.2 Å². The molecule has 0 aliphatic rings. The number of carbonyl (C=O) groups is 2. The lowest BCUT2D eigenvalue weighted by Gasteiger charge is -2.24. The van der Waals surface area contributed by atoms with Crippen molar-refractivity contribution >= 4 is 56.3 Å². The van der Waals surface area contributed by atoms with Gasteiger partial charge in [0.05, 0.1) is 20.6 Å². The molecular formula is C31H28Cl2N2O4S. The van der Waals surface area contributed by atoms with Gasteiger partial charge >= 0.3 is 0 Å². The van der Waals surface area contributed by atoms with E-state index in [2.05, 4.69) is 26.1 Å². The van der Waals surface area contributed by atoms with Gasteiger partial charge in [-0.15, -0.1) is 0 Å². The first-order chi connectivity index (χ1) is 18.9. The number of rotatable bonds is 8. The molecule has 1 N–H and O–H groups in total. The minimum atomic E-state index is -4.13. The van der Waals surface area contributed by atoms with Crippen LogP contribution in [-0.4, -0.2) is 26.7 Å². The van der Waals surface area contributed by atoms with Crippen molar-refractivity contribution in [3.8, 4) is 0 Å². The van der Waals surface area contributed by atoms with Crippen LogP contribution in [0.2, 0.25) is 10.0 Å². The van der Waals surface area contributed by atoms with Gasteiger partial charge in [-0.2, -0.15) is 0 Å². The quantitative estimate of drug-likeness (QED) is 0.216. The Hall–Kier alpha value is -3.65. The zero-order valence-electron chi connectivity index (χ0n) is 22.2. The van der Waals surface area contributed by atoms with Crippen LogP contribution in [0.3, 0.4) is 0 Å². The van der Waals surface area contributed by atoms with Crippen molar-refractivity contribution in [3.05, 3.63) is 124 Å². The van der Waals surface area contributed by atoms with Crippen LogP contribution in [0.1, 0.15) is 42.3 Å². The standard InChI is InChI=1S/C31H28Cl2N2O4S/c1-31(2,3)23-14-12-21(13-15-23)30(37)22-8-7-9-24(18-22)34-29(36)20-35(25-16-17-27(32)28(33)19-25)40(38,39)26-10-5-4-6-11-26/h4-19H,20H2,1-3H3,(H,34,36). The number of ketones is 1. The molecule has 0 heterocycles. The van der Waals surface area contributed by atoms with Crippen molar-refractivity contribution in [2.24, 2.45) is 0 Å². The zero-order valence-corrected chi connectivity index (χ0v) is 24.5. The molecule has 0 aromatic heterocycles. The summed E-state index contributed by atoms with van der Waals surface area (Å²) in [6.07, 6.45) is 0. The molecule has 4 aromatic rings. The normalized spacial score (nSPS) is 11.6. The summed E-state index contributed by atoms with van der Waals surface area (Å²) in [7, 11) is -4.13. The van der Waals surface area contributed by atoms with Gasteiger partial charge in [-0.1, -0.05) is 98.6 Å². The molecule has 0 unspecified atom stereocenters. The maximum absolute atomic E-state index is 13.5. The van der Waals surface area contributed by atoms with Crippen LogP contribution in [0.15, 0.2) is 102 Å². The maximum atomic E-state index is 13.5. The molecule has 6 nitrogen and oxygen atoms in total. The second-order valence-electron chi connectivity index (χ2n) is 10.2. The summed E-state index contributed by atoms with van der Waals surface area (Å²) in [6.45, 7) is 5.76. The Bertz CT molecular complexity index is 1650. The van der Waals surface area contributed by atoms with E-state index in [0.29, 0.717) is 16.8 Å². The lowest BCUT2D eigenvalue weighted by atomic mass is 9.86. The Balaban J connectivity index is 1.57. The molecule has 4 rings (SSSR count). The third-order valence-corrected chi connectivity index (χ3v) is 8.76. The average Bonchev–Trinajstić information content (AvgIpc) is 2.93. The van der Waals surface area contributed by atoms with E-state index >= 15 is 0 Å². The van der Waals surface area contributed by atoms with Crippen LogP contribution in [0.5, 0.6) is 0 Å². The van der Waals surface area contributed by atoms with Gasteiger partial charge in [0.2, 0.25) is 5.91 Å². The number of nitrogens with zero attached hydrogens (tertiary/aromatic N) is 1. The van der Waals surface area contributed by atoms with Gasteiger partial charge in [-0.3, -0.25) is 13.9 Å². The molecular weight excluding hydrogens is 567 g/mol. The first-order valence-electron chi connectivity index (χ1n) is 12.4. The molecule has 0 fully saturated rings. The van der Waals surface area contributed by atoms with Gasteiger partial charge < -0.3 is 5.32 Å². The number of benzene rings is 4. The number of anilines is 2. The topological polar surface area (TPSA) is 83.6 Å². The highest BCUT2D eigenvalue weighted by atomic mass is 35.5. The van der Waals surface area contributed by atoms with Crippen molar-refractivity contribution in [3.63, 3.8) is 0 Å². The molecule has 0 aliphatic carbocycles. The van der Waals surface area contributed by atoms with E-state index in [4.69, 9.17) is 23.2 Å². The predicted octanol–water partition coefficient (Wildman–Crippen LogP) is 7.36. The summed E-state index contributed by atoms with van der Waals surface area (Å²) in [5, 5.41) is 3.11. The van der Waals surface area contributed by atoms with Crippen molar-refractivity contribution in [2.75, 3.05) is 16.2 Å². The lowest BCUT2D eigenvalue weighted by molar-refractivity contribution is -0.114. The Morgan fingerprint density at radius 2 is 1.45 bits per heavy atom. The number of sulfonamides is 1. The third-order valence-electron chi connectivity index (χ3n) is 6.23. The average molecular weight is 596 g/mol. The summed E-state index contributed by atoms with van der Waals surface area (Å²) in [4.78, 5) is 26.3. The lowest BCUT2D eigenvalue weighted by Crippen LogP contribution is -2.38.